The number of aromatic nitrogens is 2. The molecule has 0 aliphatic rings. The molecular weight excluding hydrogens is 544 g/mol. The van der Waals surface area contributed by atoms with Crippen molar-refractivity contribution >= 4 is 31.3 Å². The first kappa shape index (κ1) is 25.7. The van der Waals surface area contributed by atoms with Gasteiger partial charge in [-0.25, -0.2) is 21.5 Å². The predicted molar refractivity (Wildman–Crippen MR) is 144 cm³/mol. The second kappa shape index (κ2) is 10.1. The Kier molecular flexibility index (Phi) is 6.83. The topological polar surface area (TPSA) is 95.3 Å². The Bertz CT molecular complexity index is 1800. The van der Waals surface area contributed by atoms with Gasteiger partial charge in [0.25, 0.3) is 0 Å². The van der Waals surface area contributed by atoms with Crippen molar-refractivity contribution in [3.05, 3.63) is 114 Å². The third kappa shape index (κ3) is 4.60. The highest BCUT2D eigenvalue weighted by atomic mass is 35.5. The lowest BCUT2D eigenvalue weighted by Gasteiger charge is -2.12. The highest BCUT2D eigenvalue weighted by molar-refractivity contribution is 7.94. The first-order chi connectivity index (χ1) is 18.2. The van der Waals surface area contributed by atoms with Crippen molar-refractivity contribution in [1.82, 2.24) is 9.78 Å². The Hall–Kier alpha value is -3.92. The Balaban J connectivity index is 1.92. The minimum absolute atomic E-state index is 0.00658. The lowest BCUT2D eigenvalue weighted by atomic mass is 10.1. The van der Waals surface area contributed by atoms with Gasteiger partial charge in [0.2, 0.25) is 19.7 Å². The number of para-hydroxylation sites is 1. The van der Waals surface area contributed by atoms with E-state index in [0.29, 0.717) is 22.0 Å². The van der Waals surface area contributed by atoms with Crippen molar-refractivity contribution in [2.75, 3.05) is 7.11 Å². The number of ether oxygens (including phenoxy) is 1. The molecule has 0 atom stereocenters. The molecule has 0 spiro atoms. The van der Waals surface area contributed by atoms with E-state index in [-0.39, 0.29) is 15.5 Å². The van der Waals surface area contributed by atoms with E-state index >= 15 is 0 Å². The van der Waals surface area contributed by atoms with Crippen LogP contribution in [-0.4, -0.2) is 33.7 Å². The highest BCUT2D eigenvalue weighted by Crippen LogP contribution is 2.40. The Morgan fingerprint density at radius 3 is 1.82 bits per heavy atom. The monoisotopic (exact) mass is 564 g/mol. The van der Waals surface area contributed by atoms with E-state index in [9.17, 15) is 16.8 Å². The zero-order valence-electron chi connectivity index (χ0n) is 20.0. The molecule has 38 heavy (non-hydrogen) atoms. The number of sulfone groups is 2. The van der Waals surface area contributed by atoms with Gasteiger partial charge in [0, 0.05) is 10.6 Å². The summed E-state index contributed by atoms with van der Waals surface area (Å²) in [6.45, 7) is 0. The maximum absolute atomic E-state index is 14.2. The van der Waals surface area contributed by atoms with Crippen LogP contribution >= 0.6 is 11.6 Å². The first-order valence-corrected chi connectivity index (χ1v) is 14.7. The molecule has 1 heterocycles. The van der Waals surface area contributed by atoms with Gasteiger partial charge < -0.3 is 4.74 Å². The fraction of sp³-hybridized carbons (Fsp3) is 0.0357. The minimum Gasteiger partial charge on any atom is -0.497 e. The van der Waals surface area contributed by atoms with Crippen LogP contribution in [0.15, 0.2) is 129 Å². The number of methoxy groups -OCH3 is 1. The largest absolute Gasteiger partial charge is 0.497 e. The summed E-state index contributed by atoms with van der Waals surface area (Å²) in [5.74, 6) is 0.553. The molecular formula is C28H21ClN2O5S2. The average molecular weight is 565 g/mol. The summed E-state index contributed by atoms with van der Waals surface area (Å²) in [5, 5.41) is 4.47. The highest BCUT2D eigenvalue weighted by Gasteiger charge is 2.38. The summed E-state index contributed by atoms with van der Waals surface area (Å²) >= 11 is 6.01. The number of hydrogen-bond acceptors (Lipinski definition) is 6. The van der Waals surface area contributed by atoms with E-state index in [2.05, 4.69) is 5.10 Å². The predicted octanol–water partition coefficient (Wildman–Crippen LogP) is 5.87. The van der Waals surface area contributed by atoms with Gasteiger partial charge in [-0.15, -0.1) is 0 Å². The Morgan fingerprint density at radius 1 is 0.684 bits per heavy atom. The van der Waals surface area contributed by atoms with Crippen LogP contribution < -0.4 is 4.74 Å². The van der Waals surface area contributed by atoms with Gasteiger partial charge in [0.1, 0.15) is 16.3 Å². The molecule has 0 saturated carbocycles. The number of hydrogen-bond donors (Lipinski definition) is 0. The van der Waals surface area contributed by atoms with Gasteiger partial charge in [-0.1, -0.05) is 48.0 Å². The van der Waals surface area contributed by atoms with Crippen LogP contribution in [0.3, 0.4) is 0 Å². The van der Waals surface area contributed by atoms with E-state index in [4.69, 9.17) is 16.3 Å². The first-order valence-electron chi connectivity index (χ1n) is 11.4. The van der Waals surface area contributed by atoms with Crippen LogP contribution in [0.1, 0.15) is 0 Å². The quantitative estimate of drug-likeness (QED) is 0.245. The third-order valence-corrected chi connectivity index (χ3v) is 9.84. The van der Waals surface area contributed by atoms with E-state index in [0.717, 1.165) is 0 Å². The molecule has 0 amide bonds. The van der Waals surface area contributed by atoms with Crippen LogP contribution in [0.4, 0.5) is 0 Å². The average Bonchev–Trinajstić information content (AvgIpc) is 3.37. The van der Waals surface area contributed by atoms with Gasteiger partial charge in [-0.2, -0.15) is 5.10 Å². The summed E-state index contributed by atoms with van der Waals surface area (Å²) in [4.78, 5) is -0.604. The zero-order chi connectivity index (χ0) is 26.9. The minimum atomic E-state index is -4.42. The molecule has 0 N–H and O–H groups in total. The SMILES string of the molecule is COc1ccc(-c2nn(-c3ccccc3)c(S(=O)(=O)c3ccc(Cl)cc3)c2S(=O)(=O)c2ccccc2)cc1. The van der Waals surface area contributed by atoms with Gasteiger partial charge in [0.05, 0.1) is 22.6 Å². The lowest BCUT2D eigenvalue weighted by molar-refractivity contribution is 0.415. The lowest BCUT2D eigenvalue weighted by Crippen LogP contribution is -2.14. The van der Waals surface area contributed by atoms with Gasteiger partial charge in [-0.05, 0) is 72.8 Å². The van der Waals surface area contributed by atoms with Crippen molar-refractivity contribution in [2.24, 2.45) is 0 Å². The zero-order valence-corrected chi connectivity index (χ0v) is 22.4. The van der Waals surface area contributed by atoms with Crippen LogP contribution in [0.2, 0.25) is 5.02 Å². The van der Waals surface area contributed by atoms with Crippen molar-refractivity contribution in [3.8, 4) is 22.7 Å². The summed E-state index contributed by atoms with van der Waals surface area (Å²) < 4.78 is 63.2. The van der Waals surface area contributed by atoms with Gasteiger partial charge in [-0.3, -0.25) is 0 Å². The molecule has 0 aliphatic carbocycles. The molecule has 0 fully saturated rings. The summed E-state index contributed by atoms with van der Waals surface area (Å²) in [6, 6.07) is 28.3. The number of benzene rings is 4. The molecule has 5 aromatic rings. The van der Waals surface area contributed by atoms with Crippen molar-refractivity contribution in [1.29, 1.82) is 0 Å². The Labute approximate surface area is 225 Å². The molecule has 10 heteroatoms. The molecule has 192 valence electrons. The van der Waals surface area contributed by atoms with E-state index in [1.807, 2.05) is 0 Å². The summed E-state index contributed by atoms with van der Waals surface area (Å²) in [7, 11) is -7.27. The second-order valence-electron chi connectivity index (χ2n) is 8.23. The van der Waals surface area contributed by atoms with Crippen molar-refractivity contribution in [2.45, 2.75) is 19.7 Å². The fourth-order valence-corrected chi connectivity index (χ4v) is 7.69. The van der Waals surface area contributed by atoms with E-state index < -0.39 is 29.6 Å². The van der Waals surface area contributed by atoms with Gasteiger partial charge in [0.15, 0.2) is 5.03 Å². The summed E-state index contributed by atoms with van der Waals surface area (Å²) in [6.07, 6.45) is 0. The smallest absolute Gasteiger partial charge is 0.225 e. The Morgan fingerprint density at radius 2 is 1.24 bits per heavy atom. The normalized spacial score (nSPS) is 11.8. The van der Waals surface area contributed by atoms with E-state index in [1.165, 1.54) is 48.2 Å². The maximum Gasteiger partial charge on any atom is 0.225 e. The molecule has 0 saturated heterocycles. The molecule has 0 aliphatic heterocycles. The van der Waals surface area contributed by atoms with Crippen molar-refractivity contribution < 1.29 is 21.6 Å². The summed E-state index contributed by atoms with van der Waals surface area (Å²) in [5.41, 5.74) is 0.778. The van der Waals surface area contributed by atoms with Crippen LogP contribution in [-0.2, 0) is 19.7 Å². The second-order valence-corrected chi connectivity index (χ2v) is 12.4. The molecule has 0 bridgehead atoms. The number of rotatable bonds is 7. The standard InChI is InChI=1S/C28H21ClN2O5S2/c1-36-23-16-12-20(13-17-23)26-27(37(32,33)24-10-6-3-7-11-24)28(31(30-26)22-8-4-2-5-9-22)38(34,35)25-18-14-21(29)15-19-25/h2-19H,1H3. The van der Waals surface area contributed by atoms with Crippen LogP contribution in [0.25, 0.3) is 16.9 Å². The molecule has 7 nitrogen and oxygen atoms in total. The fourth-order valence-electron chi connectivity index (χ4n) is 3.99. The van der Waals surface area contributed by atoms with Crippen LogP contribution in [0.5, 0.6) is 5.75 Å². The molecule has 4 aromatic carbocycles. The molecule has 0 radical (unpaired) electrons. The van der Waals surface area contributed by atoms with Gasteiger partial charge >= 0.3 is 0 Å². The maximum atomic E-state index is 14.2. The molecule has 1 aromatic heterocycles. The van der Waals surface area contributed by atoms with E-state index in [1.54, 1.807) is 72.8 Å². The molecule has 5 rings (SSSR count). The number of halogens is 1. The van der Waals surface area contributed by atoms with Crippen molar-refractivity contribution in [3.63, 3.8) is 0 Å². The third-order valence-electron chi connectivity index (χ3n) is 5.87. The molecule has 0 unspecified atom stereocenters. The number of nitrogens with zero attached hydrogens (tertiary/aromatic N) is 2. The van der Waals surface area contributed by atoms with Crippen LogP contribution in [0, 0.1) is 0 Å².